The van der Waals surface area contributed by atoms with Gasteiger partial charge in [0.15, 0.2) is 11.2 Å². The van der Waals surface area contributed by atoms with Crippen LogP contribution in [-0.4, -0.2) is 0 Å². The fourth-order valence-corrected chi connectivity index (χ4v) is 12.0. The molecule has 0 atom stereocenters. The first-order valence-corrected chi connectivity index (χ1v) is 25.9. The molecular weight excluding hydrogens is 901 g/mol. The third-order valence-electron chi connectivity index (χ3n) is 15.4. The van der Waals surface area contributed by atoms with Crippen LogP contribution in [0.2, 0.25) is 0 Å². The van der Waals surface area contributed by atoms with Crippen LogP contribution in [-0.2, 0) is 0 Å². The van der Waals surface area contributed by atoms with Crippen molar-refractivity contribution in [2.75, 3.05) is 9.80 Å². The lowest BCUT2D eigenvalue weighted by atomic mass is 9.83. The summed E-state index contributed by atoms with van der Waals surface area (Å²) in [5.41, 5.74) is 16.6. The molecule has 0 unspecified atom stereocenters. The number of hydrogen-bond acceptors (Lipinski definition) is 4. The molecule has 14 rings (SSSR count). The Morgan fingerprint density at radius 3 is 1.11 bits per heavy atom. The highest BCUT2D eigenvalue weighted by Crippen LogP contribution is 2.55. The summed E-state index contributed by atoms with van der Waals surface area (Å²) in [6.07, 6.45) is 0. The largest absolute Gasteiger partial charge is 0.454 e. The Kier molecular flexibility index (Phi) is 10.2. The van der Waals surface area contributed by atoms with Crippen LogP contribution < -0.4 is 9.80 Å². The van der Waals surface area contributed by atoms with Crippen LogP contribution in [0.3, 0.4) is 0 Å². The van der Waals surface area contributed by atoms with E-state index >= 15 is 0 Å². The number of rotatable bonds is 10. The molecule has 0 N–H and O–H groups in total. The first-order chi connectivity index (χ1) is 36.4. The highest BCUT2D eigenvalue weighted by molar-refractivity contribution is 6.31. The van der Waals surface area contributed by atoms with Gasteiger partial charge in [0.2, 0.25) is 0 Å². The van der Waals surface area contributed by atoms with Gasteiger partial charge in [-0.1, -0.05) is 216 Å². The van der Waals surface area contributed by atoms with Crippen LogP contribution in [0.15, 0.2) is 239 Å². The van der Waals surface area contributed by atoms with Crippen molar-refractivity contribution >= 4 is 110 Å². The zero-order valence-corrected chi connectivity index (χ0v) is 41.8. The Hall–Kier alpha value is -9.12. The summed E-state index contributed by atoms with van der Waals surface area (Å²) in [6.45, 7) is 9.33. The van der Waals surface area contributed by atoms with Gasteiger partial charge in [0, 0.05) is 48.8 Å². The Morgan fingerprint density at radius 1 is 0.284 bits per heavy atom. The minimum Gasteiger partial charge on any atom is -0.454 e. The van der Waals surface area contributed by atoms with Gasteiger partial charge in [-0.3, -0.25) is 0 Å². The number of hydrogen-bond donors (Lipinski definition) is 0. The van der Waals surface area contributed by atoms with Crippen molar-refractivity contribution in [2.24, 2.45) is 0 Å². The van der Waals surface area contributed by atoms with Crippen molar-refractivity contribution in [1.82, 2.24) is 0 Å². The summed E-state index contributed by atoms with van der Waals surface area (Å²) in [6, 6.07) is 83.8. The van der Waals surface area contributed by atoms with E-state index in [2.05, 4.69) is 268 Å². The molecule has 2 heterocycles. The lowest BCUT2D eigenvalue weighted by Gasteiger charge is -2.34. The van der Waals surface area contributed by atoms with Crippen LogP contribution in [0.25, 0.3) is 98.4 Å². The molecular formula is C70H52N2O2. The maximum absolute atomic E-state index is 7.06. The first kappa shape index (κ1) is 43.7. The van der Waals surface area contributed by atoms with E-state index in [1.54, 1.807) is 0 Å². The summed E-state index contributed by atoms with van der Waals surface area (Å²) in [5, 5.41) is 11.7. The quantitative estimate of drug-likeness (QED) is 0.128. The van der Waals surface area contributed by atoms with Gasteiger partial charge in [0.05, 0.1) is 34.1 Å². The first-order valence-electron chi connectivity index (χ1n) is 25.9. The minimum absolute atomic E-state index is 0.302. The number of nitrogens with zero attached hydrogens (tertiary/aromatic N) is 2. The highest BCUT2D eigenvalue weighted by atomic mass is 16.3. The minimum atomic E-state index is 0.302. The van der Waals surface area contributed by atoms with E-state index in [1.807, 2.05) is 0 Å². The van der Waals surface area contributed by atoms with Gasteiger partial charge in [-0.2, -0.15) is 0 Å². The smallest absolute Gasteiger partial charge is 0.159 e. The maximum atomic E-state index is 7.06. The second-order valence-electron chi connectivity index (χ2n) is 20.3. The van der Waals surface area contributed by atoms with Crippen LogP contribution in [0.1, 0.15) is 50.7 Å². The van der Waals surface area contributed by atoms with Gasteiger partial charge in [0.1, 0.15) is 11.2 Å². The molecule has 354 valence electrons. The molecule has 0 bridgehead atoms. The monoisotopic (exact) mass is 952 g/mol. The molecule has 0 amide bonds. The van der Waals surface area contributed by atoms with Crippen molar-refractivity contribution in [1.29, 1.82) is 0 Å². The highest BCUT2D eigenvalue weighted by Gasteiger charge is 2.31. The molecule has 4 nitrogen and oxygen atoms in total. The fraction of sp³-hybridized carbons (Fsp3) is 0.0857. The van der Waals surface area contributed by atoms with Gasteiger partial charge in [-0.25, -0.2) is 0 Å². The van der Waals surface area contributed by atoms with Crippen LogP contribution in [0, 0.1) is 0 Å². The lowest BCUT2D eigenvalue weighted by Crippen LogP contribution is -2.16. The van der Waals surface area contributed by atoms with Crippen molar-refractivity contribution in [3.63, 3.8) is 0 Å². The van der Waals surface area contributed by atoms with Crippen molar-refractivity contribution in [3.05, 3.63) is 242 Å². The average Bonchev–Trinajstić information content (AvgIpc) is 4.09. The number of benzene rings is 12. The van der Waals surface area contributed by atoms with Crippen molar-refractivity contribution < 1.29 is 8.83 Å². The summed E-state index contributed by atoms with van der Waals surface area (Å²) in [7, 11) is 0. The molecule has 2 aromatic heterocycles. The molecule has 12 aromatic carbocycles. The van der Waals surface area contributed by atoms with Crippen LogP contribution in [0.4, 0.5) is 34.1 Å². The van der Waals surface area contributed by atoms with E-state index in [9.17, 15) is 0 Å². The number of fused-ring (bicyclic) bond motifs is 6. The standard InChI is InChI=1S/C70H52N2O2/c1-43(2)57-41-58(44(3)4)52-38-40-56-64(72(60-32-16-12-26-48(60)46-23-9-6-10-24-46)62-34-20-30-54-50-28-14-18-36-66(50)74-70(54)62)42-63(55-39-37-51(57)67(52)68(55)56)71(59-31-15-11-25-47(59)45-21-7-5-8-22-45)61-33-19-29-53-49-27-13-17-35-65(49)73-69(53)61/h5-44H,1-4H3. The molecule has 0 aliphatic heterocycles. The van der Waals surface area contributed by atoms with Crippen molar-refractivity contribution in [2.45, 2.75) is 39.5 Å². The third-order valence-corrected chi connectivity index (χ3v) is 15.4. The molecule has 0 fully saturated rings. The third kappa shape index (κ3) is 6.75. The average molecular weight is 953 g/mol. The Bertz CT molecular complexity index is 4170. The molecule has 74 heavy (non-hydrogen) atoms. The summed E-state index contributed by atoms with van der Waals surface area (Å²) < 4.78 is 14.1. The molecule has 0 saturated heterocycles. The predicted octanol–water partition coefficient (Wildman–Crippen LogP) is 20.9. The van der Waals surface area contributed by atoms with E-state index in [4.69, 9.17) is 8.83 Å². The Labute approximate surface area is 430 Å². The van der Waals surface area contributed by atoms with E-state index in [-0.39, 0.29) is 0 Å². The molecule has 0 saturated carbocycles. The van der Waals surface area contributed by atoms with Gasteiger partial charge in [0.25, 0.3) is 0 Å². The summed E-state index contributed by atoms with van der Waals surface area (Å²) in [4.78, 5) is 4.97. The summed E-state index contributed by atoms with van der Waals surface area (Å²) in [5.74, 6) is 0.603. The molecule has 0 spiro atoms. The maximum Gasteiger partial charge on any atom is 0.159 e. The number of para-hydroxylation sites is 6. The van der Waals surface area contributed by atoms with E-state index in [1.165, 1.54) is 32.7 Å². The Balaban J connectivity index is 1.20. The van der Waals surface area contributed by atoms with Crippen LogP contribution >= 0.6 is 0 Å². The fourth-order valence-electron chi connectivity index (χ4n) is 12.0. The zero-order valence-electron chi connectivity index (χ0n) is 41.8. The second kappa shape index (κ2) is 17.3. The molecule has 4 heteroatoms. The lowest BCUT2D eigenvalue weighted by molar-refractivity contribution is 0.669. The van der Waals surface area contributed by atoms with E-state index < -0.39 is 0 Å². The second-order valence-corrected chi connectivity index (χ2v) is 20.3. The van der Waals surface area contributed by atoms with Gasteiger partial charge >= 0.3 is 0 Å². The summed E-state index contributed by atoms with van der Waals surface area (Å²) >= 11 is 0. The van der Waals surface area contributed by atoms with E-state index in [0.29, 0.717) is 11.8 Å². The number of furan rings is 2. The van der Waals surface area contributed by atoms with E-state index in [0.717, 1.165) is 111 Å². The SMILES string of the molecule is CC(C)c1cc(C(C)C)c2ccc3c(N(c4ccccc4-c4ccccc4)c4cccc5c4oc4ccccc45)cc(N(c4ccccc4-c4ccccc4)c4cccc5c4oc4ccccc45)c4ccc1c2c43. The van der Waals surface area contributed by atoms with Gasteiger partial charge in [-0.15, -0.1) is 0 Å². The zero-order chi connectivity index (χ0) is 49.6. The molecule has 0 aliphatic carbocycles. The van der Waals surface area contributed by atoms with Crippen LogP contribution in [0.5, 0.6) is 0 Å². The normalized spacial score (nSPS) is 12.0. The van der Waals surface area contributed by atoms with Crippen molar-refractivity contribution in [3.8, 4) is 22.3 Å². The molecule has 14 aromatic rings. The predicted molar refractivity (Wildman–Crippen MR) is 313 cm³/mol. The van der Waals surface area contributed by atoms with Gasteiger partial charge in [-0.05, 0) is 92.7 Å². The molecule has 0 radical (unpaired) electrons. The van der Waals surface area contributed by atoms with Gasteiger partial charge < -0.3 is 18.6 Å². The number of anilines is 6. The topological polar surface area (TPSA) is 32.8 Å². The Morgan fingerprint density at radius 2 is 0.649 bits per heavy atom. The molecule has 0 aliphatic rings.